The molecule has 7 aromatic carbocycles. The van der Waals surface area contributed by atoms with Crippen molar-refractivity contribution >= 4 is 86.8 Å². The van der Waals surface area contributed by atoms with Crippen molar-refractivity contribution in [1.29, 1.82) is 0 Å². The van der Waals surface area contributed by atoms with Gasteiger partial charge in [-0.15, -0.1) is 11.3 Å². The molecule has 1 atom stereocenters. The van der Waals surface area contributed by atoms with Gasteiger partial charge in [0, 0.05) is 65.6 Å². The lowest BCUT2D eigenvalue weighted by Gasteiger charge is -2.33. The molecule has 10 aromatic rings. The molecule has 3 aromatic heterocycles. The second-order valence-corrected chi connectivity index (χ2v) is 14.5. The van der Waals surface area contributed by atoms with E-state index in [0.29, 0.717) is 0 Å². The molecule has 0 radical (unpaired) electrons. The summed E-state index contributed by atoms with van der Waals surface area (Å²) in [6, 6.07) is 58.5. The second kappa shape index (κ2) is 11.3. The van der Waals surface area contributed by atoms with Gasteiger partial charge in [-0.1, -0.05) is 121 Å². The van der Waals surface area contributed by atoms with Crippen LogP contribution in [0.2, 0.25) is 0 Å². The van der Waals surface area contributed by atoms with E-state index < -0.39 is 0 Å². The minimum Gasteiger partial charge on any atom is -0.320 e. The van der Waals surface area contributed by atoms with E-state index in [1.54, 1.807) is 0 Å². The number of nitrogens with zero attached hydrogens (tertiary/aromatic N) is 5. The number of aliphatic imine (C=N–C) groups is 2. The highest BCUT2D eigenvalue weighted by Crippen LogP contribution is 2.46. The van der Waals surface area contributed by atoms with Crippen LogP contribution in [0.4, 0.5) is 0 Å². The molecule has 0 saturated heterocycles. The average molecular weight is 686 g/mol. The van der Waals surface area contributed by atoms with Crippen molar-refractivity contribution in [2.45, 2.75) is 6.29 Å². The van der Waals surface area contributed by atoms with E-state index in [0.717, 1.165) is 39.5 Å². The van der Waals surface area contributed by atoms with Gasteiger partial charge >= 0.3 is 0 Å². The standard InChI is InChI=1S/C46H31N5S/c1-49-45(30-17-7-3-8-18-30)47-44(29-15-5-2-6-16-29)48-46(49)51-37-23-13-11-21-32(37)35-27-36-40(28-39(35)51)50(31-19-9-4-10-20-31)38-26-25-34-33-22-12-14-24-41(33)52-43(34)42(36)38/h2-28,46H,1H3. The zero-order chi connectivity index (χ0) is 34.3. The highest BCUT2D eigenvalue weighted by atomic mass is 32.1. The van der Waals surface area contributed by atoms with Crippen LogP contribution < -0.4 is 0 Å². The van der Waals surface area contributed by atoms with Crippen molar-refractivity contribution in [3.05, 3.63) is 175 Å². The molecular weight excluding hydrogens is 655 g/mol. The first-order valence-electron chi connectivity index (χ1n) is 17.6. The third-order valence-electron chi connectivity index (χ3n) is 10.5. The largest absolute Gasteiger partial charge is 0.320 e. The summed E-state index contributed by atoms with van der Waals surface area (Å²) in [6.45, 7) is 0. The SMILES string of the molecule is CN1C(c2ccccc2)=NC(c2ccccc2)=NC1n1c2ccccc2c2cc3c4c5sc6ccccc6c5ccc4n(-c4ccccc4)c3cc21. The Morgan fingerprint density at radius 3 is 1.98 bits per heavy atom. The summed E-state index contributed by atoms with van der Waals surface area (Å²) in [7, 11) is 2.11. The highest BCUT2D eigenvalue weighted by Gasteiger charge is 2.30. The highest BCUT2D eigenvalue weighted by molar-refractivity contribution is 7.26. The van der Waals surface area contributed by atoms with E-state index in [-0.39, 0.29) is 6.29 Å². The van der Waals surface area contributed by atoms with Gasteiger partial charge in [-0.2, -0.15) is 0 Å². The van der Waals surface area contributed by atoms with Crippen molar-refractivity contribution < 1.29 is 0 Å². The fourth-order valence-corrected chi connectivity index (χ4v) is 9.46. The van der Waals surface area contributed by atoms with Crippen molar-refractivity contribution in [3.8, 4) is 5.69 Å². The fraction of sp³-hybridized carbons (Fsp3) is 0.0435. The van der Waals surface area contributed by atoms with Gasteiger partial charge < -0.3 is 14.0 Å². The number of benzene rings is 7. The third kappa shape index (κ3) is 4.22. The van der Waals surface area contributed by atoms with Crippen LogP contribution in [0, 0.1) is 0 Å². The normalized spacial score (nSPS) is 15.0. The van der Waals surface area contributed by atoms with Gasteiger partial charge in [0.1, 0.15) is 5.84 Å². The Bertz CT molecular complexity index is 3080. The van der Waals surface area contributed by atoms with Gasteiger partial charge in [0.15, 0.2) is 5.84 Å². The first-order chi connectivity index (χ1) is 25.7. The van der Waals surface area contributed by atoms with E-state index in [1.165, 1.54) is 52.8 Å². The van der Waals surface area contributed by atoms with Crippen LogP contribution in [0.3, 0.4) is 0 Å². The number of para-hydroxylation sites is 2. The average Bonchev–Trinajstić information content (AvgIpc) is 3.85. The quantitative estimate of drug-likeness (QED) is 0.182. The first kappa shape index (κ1) is 29.3. The maximum absolute atomic E-state index is 5.43. The Morgan fingerprint density at radius 1 is 0.519 bits per heavy atom. The number of hydrogen-bond acceptors (Lipinski definition) is 4. The van der Waals surface area contributed by atoms with Crippen LogP contribution in [0.5, 0.6) is 0 Å². The van der Waals surface area contributed by atoms with Gasteiger partial charge in [-0.25, -0.2) is 9.98 Å². The van der Waals surface area contributed by atoms with Crippen LogP contribution in [-0.2, 0) is 0 Å². The second-order valence-electron chi connectivity index (χ2n) is 13.5. The van der Waals surface area contributed by atoms with Gasteiger partial charge in [-0.05, 0) is 42.5 Å². The predicted octanol–water partition coefficient (Wildman–Crippen LogP) is 11.6. The lowest BCUT2D eigenvalue weighted by atomic mass is 10.1. The predicted molar refractivity (Wildman–Crippen MR) is 219 cm³/mol. The lowest BCUT2D eigenvalue weighted by Crippen LogP contribution is -2.38. The number of amidine groups is 2. The van der Waals surface area contributed by atoms with E-state index in [9.17, 15) is 0 Å². The van der Waals surface area contributed by atoms with E-state index in [2.05, 4.69) is 173 Å². The van der Waals surface area contributed by atoms with Crippen molar-refractivity contribution in [1.82, 2.24) is 14.0 Å². The van der Waals surface area contributed by atoms with Crippen molar-refractivity contribution in [2.75, 3.05) is 7.05 Å². The minimum absolute atomic E-state index is 0.383. The molecule has 5 nitrogen and oxygen atoms in total. The first-order valence-corrected chi connectivity index (χ1v) is 18.4. The Hall–Kier alpha value is -6.50. The molecular formula is C46H31N5S. The number of thiophene rings is 1. The summed E-state index contributed by atoms with van der Waals surface area (Å²) in [5, 5.41) is 7.59. The maximum atomic E-state index is 5.43. The van der Waals surface area contributed by atoms with Crippen LogP contribution in [0.1, 0.15) is 17.4 Å². The summed E-state index contributed by atoms with van der Waals surface area (Å²) < 4.78 is 7.49. The molecule has 1 aliphatic rings. The molecule has 0 fully saturated rings. The molecule has 0 bridgehead atoms. The summed E-state index contributed by atoms with van der Waals surface area (Å²) in [4.78, 5) is 12.8. The Kier molecular flexibility index (Phi) is 6.33. The van der Waals surface area contributed by atoms with E-state index in [1.807, 2.05) is 23.5 Å². The van der Waals surface area contributed by atoms with E-state index in [4.69, 9.17) is 9.98 Å². The molecule has 0 amide bonds. The van der Waals surface area contributed by atoms with Gasteiger partial charge in [0.2, 0.25) is 6.29 Å². The molecule has 0 saturated carbocycles. The summed E-state index contributed by atoms with van der Waals surface area (Å²) in [5.41, 5.74) is 7.83. The maximum Gasteiger partial charge on any atom is 0.206 e. The molecule has 52 heavy (non-hydrogen) atoms. The number of aromatic nitrogens is 2. The van der Waals surface area contributed by atoms with Gasteiger partial charge in [0.25, 0.3) is 0 Å². The molecule has 0 spiro atoms. The molecule has 1 aliphatic heterocycles. The Balaban J connectivity index is 1.25. The summed E-state index contributed by atoms with van der Waals surface area (Å²) in [6.07, 6.45) is -0.383. The smallest absolute Gasteiger partial charge is 0.206 e. The monoisotopic (exact) mass is 685 g/mol. The zero-order valence-corrected chi connectivity index (χ0v) is 29.1. The van der Waals surface area contributed by atoms with Crippen LogP contribution >= 0.6 is 11.3 Å². The third-order valence-corrected chi connectivity index (χ3v) is 11.7. The number of rotatable bonds is 4. The van der Waals surface area contributed by atoms with Crippen LogP contribution in [-0.4, -0.2) is 32.8 Å². The summed E-state index contributed by atoms with van der Waals surface area (Å²) in [5.74, 6) is 1.61. The minimum atomic E-state index is -0.383. The van der Waals surface area contributed by atoms with Crippen LogP contribution in [0.15, 0.2) is 174 Å². The molecule has 11 rings (SSSR count). The zero-order valence-electron chi connectivity index (χ0n) is 28.3. The van der Waals surface area contributed by atoms with Gasteiger partial charge in [0.05, 0.1) is 22.1 Å². The molecule has 4 heterocycles. The fourth-order valence-electron chi connectivity index (χ4n) is 8.20. The van der Waals surface area contributed by atoms with Crippen LogP contribution in [0.25, 0.3) is 69.5 Å². The Morgan fingerprint density at radius 2 is 1.19 bits per heavy atom. The van der Waals surface area contributed by atoms with Gasteiger partial charge in [-0.3, -0.25) is 0 Å². The van der Waals surface area contributed by atoms with Crippen molar-refractivity contribution in [2.24, 2.45) is 9.98 Å². The molecule has 6 heteroatoms. The van der Waals surface area contributed by atoms with Crippen molar-refractivity contribution in [3.63, 3.8) is 0 Å². The molecule has 0 aliphatic carbocycles. The number of fused-ring (bicyclic) bond motifs is 10. The summed E-state index contributed by atoms with van der Waals surface area (Å²) >= 11 is 1.89. The molecule has 246 valence electrons. The number of hydrogen-bond donors (Lipinski definition) is 0. The topological polar surface area (TPSA) is 37.8 Å². The molecule has 1 unspecified atom stereocenters. The molecule has 0 N–H and O–H groups in total. The van der Waals surface area contributed by atoms with E-state index >= 15 is 0 Å². The Labute approximate surface area is 303 Å². The lowest BCUT2D eigenvalue weighted by molar-refractivity contribution is 0.297.